The number of rotatable bonds is 5. The molecule has 1 N–H and O–H groups in total. The number of hydrogen-bond acceptors (Lipinski definition) is 6. The van der Waals surface area contributed by atoms with Gasteiger partial charge in [0.15, 0.2) is 17.5 Å². The number of hydrogen-bond donors (Lipinski definition) is 1. The number of fused-ring (bicyclic) bond motifs is 1. The van der Waals surface area contributed by atoms with E-state index >= 15 is 0 Å². The summed E-state index contributed by atoms with van der Waals surface area (Å²) in [5, 5.41) is 2.53. The first-order valence-electron chi connectivity index (χ1n) is 9.47. The van der Waals surface area contributed by atoms with Gasteiger partial charge in [-0.25, -0.2) is 32.9 Å². The van der Waals surface area contributed by atoms with Crippen molar-refractivity contribution >= 4 is 22.8 Å². The van der Waals surface area contributed by atoms with Gasteiger partial charge in [-0.05, 0) is 30.3 Å². The van der Waals surface area contributed by atoms with Gasteiger partial charge < -0.3 is 10.1 Å². The van der Waals surface area contributed by atoms with Crippen molar-refractivity contribution in [2.45, 2.75) is 12.7 Å². The molecule has 34 heavy (non-hydrogen) atoms. The van der Waals surface area contributed by atoms with Gasteiger partial charge in [-0.2, -0.15) is 13.2 Å². The van der Waals surface area contributed by atoms with E-state index in [0.29, 0.717) is 10.6 Å². The second kappa shape index (κ2) is 8.65. The Labute approximate surface area is 187 Å². The molecule has 13 heteroatoms. The quantitative estimate of drug-likeness (QED) is 0.254. The summed E-state index contributed by atoms with van der Waals surface area (Å²) in [5.41, 5.74) is -0.696. The van der Waals surface area contributed by atoms with Crippen LogP contribution in [0, 0.1) is 17.5 Å². The van der Waals surface area contributed by atoms with E-state index in [1.807, 2.05) is 0 Å². The average molecular weight is 481 g/mol. The molecule has 2 heterocycles. The van der Waals surface area contributed by atoms with E-state index in [1.165, 1.54) is 12.1 Å². The highest BCUT2D eigenvalue weighted by Gasteiger charge is 2.38. The number of nitrogens with one attached hydrogen (secondary N) is 1. The molecule has 7 nitrogen and oxygen atoms in total. The van der Waals surface area contributed by atoms with Crippen molar-refractivity contribution in [2.24, 2.45) is 0 Å². The highest BCUT2D eigenvalue weighted by molar-refractivity contribution is 5.94. The van der Waals surface area contributed by atoms with Gasteiger partial charge in [-0.15, -0.1) is 0 Å². The molecule has 0 saturated carbocycles. The highest BCUT2D eigenvalue weighted by atomic mass is 19.4. The zero-order valence-corrected chi connectivity index (χ0v) is 17.1. The lowest BCUT2D eigenvalue weighted by atomic mass is 10.2. The van der Waals surface area contributed by atoms with Crippen LogP contribution in [0.15, 0.2) is 42.7 Å². The van der Waals surface area contributed by atoms with Crippen LogP contribution in [0.1, 0.15) is 21.7 Å². The predicted molar refractivity (Wildman–Crippen MR) is 107 cm³/mol. The first-order chi connectivity index (χ1) is 16.1. The lowest BCUT2D eigenvalue weighted by molar-refractivity contribution is -0.145. The summed E-state index contributed by atoms with van der Waals surface area (Å²) >= 11 is 0. The Morgan fingerprint density at radius 1 is 1.06 bits per heavy atom. The molecule has 4 rings (SSSR count). The lowest BCUT2D eigenvalue weighted by Gasteiger charge is -2.12. The van der Waals surface area contributed by atoms with Crippen LogP contribution in [0.2, 0.25) is 0 Å². The fourth-order valence-corrected chi connectivity index (χ4v) is 3.19. The number of esters is 1. The third-order valence-electron chi connectivity index (χ3n) is 4.78. The molecule has 0 spiro atoms. The number of methoxy groups -OCH3 is 1. The molecule has 0 fully saturated rings. The van der Waals surface area contributed by atoms with E-state index in [0.717, 1.165) is 31.6 Å². The number of ether oxygens (including phenoxy) is 1. The third kappa shape index (κ3) is 4.23. The normalized spacial score (nSPS) is 11.6. The number of carbonyl (C=O) groups excluding carboxylic acids is 1. The van der Waals surface area contributed by atoms with Gasteiger partial charge in [0.1, 0.15) is 11.6 Å². The molecular weight excluding hydrogens is 468 g/mol. The molecule has 0 aliphatic carbocycles. The van der Waals surface area contributed by atoms with Gasteiger partial charge in [-0.1, -0.05) is 0 Å². The molecule has 0 bridgehead atoms. The zero-order valence-electron chi connectivity index (χ0n) is 17.1. The molecule has 0 aliphatic rings. The van der Waals surface area contributed by atoms with Gasteiger partial charge in [-0.3, -0.25) is 4.57 Å². The Balaban J connectivity index is 1.68. The Kier molecular flexibility index (Phi) is 5.85. The molecule has 0 unspecified atom stereocenters. The average Bonchev–Trinajstić information content (AvgIpc) is 3.21. The SMILES string of the molecule is COC(=O)c1ccc2c(c1)nc(C(F)(F)F)n2-c1cnc(NCc2c(F)ccc(F)c2F)cn1. The monoisotopic (exact) mass is 481 g/mol. The molecule has 0 atom stereocenters. The Hall–Kier alpha value is -4.16. The first-order valence-corrected chi connectivity index (χ1v) is 9.47. The summed E-state index contributed by atoms with van der Waals surface area (Å²) in [6.07, 6.45) is -2.83. The smallest absolute Gasteiger partial charge is 0.450 e. The van der Waals surface area contributed by atoms with Crippen LogP contribution in [-0.2, 0) is 17.5 Å². The van der Waals surface area contributed by atoms with Gasteiger partial charge in [0.25, 0.3) is 0 Å². The van der Waals surface area contributed by atoms with Crippen molar-refractivity contribution in [3.63, 3.8) is 0 Å². The minimum Gasteiger partial charge on any atom is -0.465 e. The molecule has 0 radical (unpaired) electrons. The maximum absolute atomic E-state index is 13.8. The molecule has 0 amide bonds. The molecule has 176 valence electrons. The molecular formula is C21H13F6N5O2. The summed E-state index contributed by atoms with van der Waals surface area (Å²) in [6, 6.07) is 5.09. The van der Waals surface area contributed by atoms with E-state index in [4.69, 9.17) is 0 Å². The Bertz CT molecular complexity index is 1390. The maximum Gasteiger partial charge on any atom is 0.450 e. The van der Waals surface area contributed by atoms with Crippen LogP contribution < -0.4 is 5.32 Å². The van der Waals surface area contributed by atoms with Gasteiger partial charge in [0.05, 0.1) is 36.1 Å². The second-order valence-corrected chi connectivity index (χ2v) is 6.90. The van der Waals surface area contributed by atoms with Crippen molar-refractivity contribution in [3.05, 3.63) is 77.1 Å². The van der Waals surface area contributed by atoms with E-state index in [1.54, 1.807) is 0 Å². The molecule has 0 aliphatic heterocycles. The van der Waals surface area contributed by atoms with Crippen LogP contribution in [-0.4, -0.2) is 32.6 Å². The van der Waals surface area contributed by atoms with Crippen LogP contribution in [0.3, 0.4) is 0 Å². The molecule has 4 aromatic rings. The maximum atomic E-state index is 13.8. The minimum absolute atomic E-state index is 0.00103. The Morgan fingerprint density at radius 2 is 1.79 bits per heavy atom. The number of carbonyl (C=O) groups is 1. The topological polar surface area (TPSA) is 81.9 Å². The van der Waals surface area contributed by atoms with Crippen molar-refractivity contribution in [3.8, 4) is 5.82 Å². The number of aromatic nitrogens is 4. The van der Waals surface area contributed by atoms with Gasteiger partial charge in [0.2, 0.25) is 5.82 Å². The van der Waals surface area contributed by atoms with Crippen molar-refractivity contribution in [1.82, 2.24) is 19.5 Å². The molecule has 2 aromatic heterocycles. The van der Waals surface area contributed by atoms with Crippen LogP contribution >= 0.6 is 0 Å². The lowest BCUT2D eigenvalue weighted by Crippen LogP contribution is -2.15. The highest BCUT2D eigenvalue weighted by Crippen LogP contribution is 2.33. The summed E-state index contributed by atoms with van der Waals surface area (Å²) in [4.78, 5) is 23.2. The summed E-state index contributed by atoms with van der Waals surface area (Å²) in [5.74, 6) is -5.92. The number of alkyl halides is 3. The number of halogens is 6. The van der Waals surface area contributed by atoms with Gasteiger partial charge >= 0.3 is 12.1 Å². The summed E-state index contributed by atoms with van der Waals surface area (Å²) in [7, 11) is 1.13. The van der Waals surface area contributed by atoms with E-state index in [9.17, 15) is 31.1 Å². The fourth-order valence-electron chi connectivity index (χ4n) is 3.19. The van der Waals surface area contributed by atoms with Gasteiger partial charge in [0, 0.05) is 12.1 Å². The number of nitrogens with zero attached hydrogens (tertiary/aromatic N) is 4. The fraction of sp³-hybridized carbons (Fsp3) is 0.143. The summed E-state index contributed by atoms with van der Waals surface area (Å²) < 4.78 is 87.1. The largest absolute Gasteiger partial charge is 0.465 e. The van der Waals surface area contributed by atoms with Crippen molar-refractivity contribution in [2.75, 3.05) is 12.4 Å². The van der Waals surface area contributed by atoms with Crippen molar-refractivity contribution in [1.29, 1.82) is 0 Å². The van der Waals surface area contributed by atoms with Crippen LogP contribution in [0.5, 0.6) is 0 Å². The predicted octanol–water partition coefficient (Wildman–Crippen LogP) is 4.65. The van der Waals surface area contributed by atoms with Crippen molar-refractivity contribution < 1.29 is 35.9 Å². The molecule has 0 saturated heterocycles. The van der Waals surface area contributed by atoms with E-state index in [-0.39, 0.29) is 28.2 Å². The standard InChI is InChI=1S/C21H13F6N5O2/c1-34-19(33)10-2-5-15-14(6-10)31-20(21(25,26)27)32(15)17-9-29-16(8-30-17)28-7-11-12(22)3-4-13(23)18(11)24/h2-6,8-9H,7H2,1H3,(H,28,29). The minimum atomic E-state index is -4.87. The number of imidazole rings is 1. The third-order valence-corrected chi connectivity index (χ3v) is 4.78. The first kappa shape index (κ1) is 23.0. The van der Waals surface area contributed by atoms with Crippen LogP contribution in [0.4, 0.5) is 32.2 Å². The summed E-state index contributed by atoms with van der Waals surface area (Å²) in [6.45, 7) is -0.485. The number of benzene rings is 2. The Morgan fingerprint density at radius 3 is 2.44 bits per heavy atom. The van der Waals surface area contributed by atoms with E-state index in [2.05, 4.69) is 25.0 Å². The zero-order chi connectivity index (χ0) is 24.6. The number of anilines is 1. The van der Waals surface area contributed by atoms with Crippen LogP contribution in [0.25, 0.3) is 16.9 Å². The second-order valence-electron chi connectivity index (χ2n) is 6.90. The van der Waals surface area contributed by atoms with E-state index < -0.39 is 47.5 Å². The molecule has 2 aromatic carbocycles.